The lowest BCUT2D eigenvalue weighted by Crippen LogP contribution is -2.60. The number of carbonyl (C=O) groups is 1. The third-order valence-corrected chi connectivity index (χ3v) is 8.92. The number of piperidine rings is 3. The first kappa shape index (κ1) is 19.1. The first-order valence-corrected chi connectivity index (χ1v) is 12.7. The number of amides is 1. The van der Waals surface area contributed by atoms with Crippen molar-refractivity contribution < 1.29 is 4.79 Å². The van der Waals surface area contributed by atoms with Crippen LogP contribution in [0.4, 0.5) is 0 Å². The van der Waals surface area contributed by atoms with Crippen molar-refractivity contribution in [2.45, 2.75) is 63.5 Å². The molecule has 166 valence electrons. The molecule has 5 heteroatoms. The zero-order valence-electron chi connectivity index (χ0n) is 18.7. The average Bonchev–Trinajstić information content (AvgIpc) is 3.28. The molecule has 1 aromatic heterocycles. The van der Waals surface area contributed by atoms with Crippen molar-refractivity contribution in [2.75, 3.05) is 19.6 Å². The van der Waals surface area contributed by atoms with Crippen LogP contribution in [0.25, 0.3) is 11.3 Å². The Balaban J connectivity index is 1.23. The topological polar surface area (TPSA) is 52.2 Å². The van der Waals surface area contributed by atoms with Gasteiger partial charge in [-0.2, -0.15) is 5.10 Å². The number of aromatic amines is 1. The summed E-state index contributed by atoms with van der Waals surface area (Å²) in [5.74, 6) is 1.46. The van der Waals surface area contributed by atoms with Crippen LogP contribution >= 0.6 is 0 Å². The number of aromatic nitrogens is 2. The minimum Gasteiger partial charge on any atom is -0.330 e. The van der Waals surface area contributed by atoms with E-state index in [9.17, 15) is 4.79 Å². The summed E-state index contributed by atoms with van der Waals surface area (Å²) in [5, 5.41) is 7.82. The van der Waals surface area contributed by atoms with Crippen LogP contribution in [0.3, 0.4) is 0 Å². The highest BCUT2D eigenvalue weighted by Gasteiger charge is 2.47. The SMILES string of the molecule is O=C(c1[nH]nc2c1CCc1ccccc1-2)N1CCCC2=C[C@H]3C[C@H](CN4CCCC[C@@H]34)[C@@H]21. The van der Waals surface area contributed by atoms with E-state index in [4.69, 9.17) is 0 Å². The number of carbonyl (C=O) groups excluding carboxylic acids is 1. The fourth-order valence-corrected chi connectivity index (χ4v) is 7.58. The molecule has 2 bridgehead atoms. The van der Waals surface area contributed by atoms with Crippen LogP contribution in [0.1, 0.15) is 60.1 Å². The molecule has 2 aromatic rings. The molecule has 4 heterocycles. The van der Waals surface area contributed by atoms with Crippen molar-refractivity contribution in [1.82, 2.24) is 20.0 Å². The fourth-order valence-electron chi connectivity index (χ4n) is 7.58. The lowest BCUT2D eigenvalue weighted by Gasteiger charge is -2.54. The van der Waals surface area contributed by atoms with Crippen LogP contribution in [0, 0.1) is 11.8 Å². The quantitative estimate of drug-likeness (QED) is 0.693. The second kappa shape index (κ2) is 7.31. The maximum Gasteiger partial charge on any atom is 0.272 e. The largest absolute Gasteiger partial charge is 0.330 e. The fraction of sp³-hybridized carbons (Fsp3) is 0.556. The lowest BCUT2D eigenvalue weighted by molar-refractivity contribution is 0.00128. The number of hydrogen-bond acceptors (Lipinski definition) is 3. The van der Waals surface area contributed by atoms with Gasteiger partial charge in [0.05, 0.1) is 11.7 Å². The number of benzene rings is 1. The zero-order valence-corrected chi connectivity index (χ0v) is 18.7. The summed E-state index contributed by atoms with van der Waals surface area (Å²) in [5.41, 5.74) is 6.93. The summed E-state index contributed by atoms with van der Waals surface area (Å²) in [7, 11) is 0. The lowest BCUT2D eigenvalue weighted by atomic mass is 9.68. The Kier molecular flexibility index (Phi) is 4.36. The minimum atomic E-state index is 0.174. The van der Waals surface area contributed by atoms with Crippen LogP contribution in [-0.2, 0) is 12.8 Å². The van der Waals surface area contributed by atoms with Gasteiger partial charge in [-0.05, 0) is 68.9 Å². The van der Waals surface area contributed by atoms with Gasteiger partial charge in [-0.1, -0.05) is 42.3 Å². The number of rotatable bonds is 1. The zero-order chi connectivity index (χ0) is 21.2. The van der Waals surface area contributed by atoms with Crippen LogP contribution < -0.4 is 0 Å². The maximum absolute atomic E-state index is 14.0. The molecular formula is C27H32N4O. The van der Waals surface area contributed by atoms with Gasteiger partial charge in [-0.3, -0.25) is 14.8 Å². The summed E-state index contributed by atoms with van der Waals surface area (Å²) in [4.78, 5) is 18.9. The van der Waals surface area contributed by atoms with E-state index in [1.165, 1.54) is 56.3 Å². The number of nitrogens with zero attached hydrogens (tertiary/aromatic N) is 3. The summed E-state index contributed by atoms with van der Waals surface area (Å²) < 4.78 is 0. The van der Waals surface area contributed by atoms with Gasteiger partial charge in [0.1, 0.15) is 5.69 Å². The molecule has 0 unspecified atom stereocenters. The molecule has 1 aromatic carbocycles. The van der Waals surface area contributed by atoms with Gasteiger partial charge in [-0.25, -0.2) is 0 Å². The highest BCUT2D eigenvalue weighted by Crippen LogP contribution is 2.45. The second-order valence-electron chi connectivity index (χ2n) is 10.6. The molecule has 4 atom stereocenters. The van der Waals surface area contributed by atoms with Crippen LogP contribution in [0.15, 0.2) is 35.9 Å². The molecule has 0 saturated carbocycles. The van der Waals surface area contributed by atoms with Crippen molar-refractivity contribution >= 4 is 5.91 Å². The molecule has 3 fully saturated rings. The van der Waals surface area contributed by atoms with Crippen LogP contribution in [0.5, 0.6) is 0 Å². The van der Waals surface area contributed by atoms with Crippen molar-refractivity contribution in [1.29, 1.82) is 0 Å². The molecule has 3 aliphatic heterocycles. The van der Waals surface area contributed by atoms with E-state index in [0.29, 0.717) is 11.8 Å². The van der Waals surface area contributed by atoms with E-state index in [0.717, 1.165) is 48.8 Å². The molecule has 7 rings (SSSR count). The van der Waals surface area contributed by atoms with Gasteiger partial charge in [0.15, 0.2) is 0 Å². The molecule has 3 saturated heterocycles. The normalized spacial score (nSPS) is 31.1. The molecule has 0 radical (unpaired) electrons. The number of nitrogens with one attached hydrogen (secondary N) is 1. The summed E-state index contributed by atoms with van der Waals surface area (Å²) in [6.45, 7) is 3.28. The molecule has 0 spiro atoms. The third-order valence-electron chi connectivity index (χ3n) is 8.92. The van der Waals surface area contributed by atoms with Crippen LogP contribution in [0.2, 0.25) is 0 Å². The standard InChI is InChI=1S/C27H32N4O/c32-27(25-22-11-10-17-6-1-2-8-21(17)24(22)28-29-25)31-13-5-7-18-14-19-15-20(26(18)31)16-30-12-4-3-9-23(19)30/h1-2,6,8,14,19-20,23,26H,3-5,7,9-13,15-16H2,(H,28,29)/t19-,20+,23-,26+/m0/s1. The van der Waals surface area contributed by atoms with Crippen molar-refractivity contribution in [3.63, 3.8) is 0 Å². The monoisotopic (exact) mass is 428 g/mol. The molecular weight excluding hydrogens is 396 g/mol. The highest BCUT2D eigenvalue weighted by molar-refractivity contribution is 5.96. The Morgan fingerprint density at radius 2 is 2.00 bits per heavy atom. The molecule has 2 aliphatic carbocycles. The number of H-pyrrole nitrogens is 1. The molecule has 5 aliphatic rings. The van der Waals surface area contributed by atoms with Gasteiger partial charge in [0.2, 0.25) is 0 Å². The summed E-state index contributed by atoms with van der Waals surface area (Å²) in [6.07, 6.45) is 12.1. The minimum absolute atomic E-state index is 0.174. The number of aryl methyl sites for hydroxylation is 1. The Bertz CT molecular complexity index is 1100. The summed E-state index contributed by atoms with van der Waals surface area (Å²) in [6, 6.07) is 9.52. The Morgan fingerprint density at radius 3 is 2.97 bits per heavy atom. The first-order chi connectivity index (χ1) is 15.8. The predicted molar refractivity (Wildman–Crippen MR) is 124 cm³/mol. The van der Waals surface area contributed by atoms with Gasteiger partial charge < -0.3 is 4.90 Å². The van der Waals surface area contributed by atoms with Crippen molar-refractivity contribution in [3.05, 3.63) is 52.7 Å². The molecule has 1 amide bonds. The van der Waals surface area contributed by atoms with E-state index in [1.807, 2.05) is 0 Å². The second-order valence-corrected chi connectivity index (χ2v) is 10.6. The maximum atomic E-state index is 14.0. The van der Waals surface area contributed by atoms with Gasteiger partial charge in [0.25, 0.3) is 5.91 Å². The summed E-state index contributed by atoms with van der Waals surface area (Å²) >= 11 is 0. The van der Waals surface area contributed by atoms with E-state index in [-0.39, 0.29) is 11.9 Å². The Morgan fingerprint density at radius 1 is 1.06 bits per heavy atom. The molecule has 32 heavy (non-hydrogen) atoms. The molecule has 5 nitrogen and oxygen atoms in total. The number of hydrogen-bond donors (Lipinski definition) is 1. The van der Waals surface area contributed by atoms with Gasteiger partial charge in [-0.15, -0.1) is 0 Å². The van der Waals surface area contributed by atoms with Crippen molar-refractivity contribution in [2.24, 2.45) is 11.8 Å². The van der Waals surface area contributed by atoms with Gasteiger partial charge >= 0.3 is 0 Å². The van der Waals surface area contributed by atoms with Crippen molar-refractivity contribution in [3.8, 4) is 11.3 Å². The number of likely N-dealkylation sites (tertiary alicyclic amines) is 1. The van der Waals surface area contributed by atoms with E-state index >= 15 is 0 Å². The van der Waals surface area contributed by atoms with Gasteiger partial charge in [0, 0.05) is 30.3 Å². The highest BCUT2D eigenvalue weighted by atomic mass is 16.2. The number of fused-ring (bicyclic) bond motifs is 9. The Labute approximate surface area is 189 Å². The van der Waals surface area contributed by atoms with E-state index in [1.54, 1.807) is 5.57 Å². The smallest absolute Gasteiger partial charge is 0.272 e. The van der Waals surface area contributed by atoms with E-state index < -0.39 is 0 Å². The van der Waals surface area contributed by atoms with E-state index in [2.05, 4.69) is 50.3 Å². The Hall–Kier alpha value is -2.40. The van der Waals surface area contributed by atoms with Crippen LogP contribution in [-0.4, -0.2) is 57.6 Å². The predicted octanol–water partition coefficient (Wildman–Crippen LogP) is 4.21. The molecule has 1 N–H and O–H groups in total. The first-order valence-electron chi connectivity index (χ1n) is 12.7. The third kappa shape index (κ3) is 2.79. The average molecular weight is 429 g/mol.